The van der Waals surface area contributed by atoms with Crippen molar-refractivity contribution in [2.24, 2.45) is 0 Å². The lowest BCUT2D eigenvalue weighted by molar-refractivity contribution is -0.0493. The van der Waals surface area contributed by atoms with Crippen LogP contribution in [0.15, 0.2) is 42.5 Å². The standard InChI is InChI=1S/C15H13ClF2N2OS/c1-9-2-7-12(13(8-9)21-14(17)18)20-15(22)19-11-5-3-10(16)4-6-11/h2-8,14H,1H3,(H2,19,20,22). The third-order valence-corrected chi connectivity index (χ3v) is 3.16. The Labute approximate surface area is 137 Å². The highest BCUT2D eigenvalue weighted by molar-refractivity contribution is 7.80. The molecule has 0 fully saturated rings. The number of nitrogens with one attached hydrogen (secondary N) is 2. The minimum atomic E-state index is -2.90. The van der Waals surface area contributed by atoms with E-state index in [1.54, 1.807) is 43.3 Å². The summed E-state index contributed by atoms with van der Waals surface area (Å²) in [5, 5.41) is 6.63. The Morgan fingerprint density at radius 1 is 1.14 bits per heavy atom. The van der Waals surface area contributed by atoms with E-state index in [2.05, 4.69) is 15.4 Å². The van der Waals surface area contributed by atoms with Crippen LogP contribution in [0, 0.1) is 6.92 Å². The van der Waals surface area contributed by atoms with Crippen LogP contribution in [-0.4, -0.2) is 11.7 Å². The molecule has 0 aliphatic carbocycles. The van der Waals surface area contributed by atoms with Crippen LogP contribution >= 0.6 is 23.8 Å². The topological polar surface area (TPSA) is 33.3 Å². The van der Waals surface area contributed by atoms with Gasteiger partial charge < -0.3 is 15.4 Å². The summed E-state index contributed by atoms with van der Waals surface area (Å²) in [6.07, 6.45) is 0. The molecule has 0 saturated heterocycles. The number of alkyl halides is 2. The molecular weight excluding hydrogens is 330 g/mol. The summed E-state index contributed by atoms with van der Waals surface area (Å²) in [7, 11) is 0. The summed E-state index contributed by atoms with van der Waals surface area (Å²) < 4.78 is 29.4. The van der Waals surface area contributed by atoms with Crippen molar-refractivity contribution in [2.75, 3.05) is 10.6 Å². The summed E-state index contributed by atoms with van der Waals surface area (Å²) in [4.78, 5) is 0. The molecule has 0 unspecified atom stereocenters. The molecule has 0 aliphatic rings. The van der Waals surface area contributed by atoms with Crippen molar-refractivity contribution in [1.82, 2.24) is 0 Å². The molecule has 22 heavy (non-hydrogen) atoms. The summed E-state index contributed by atoms with van der Waals surface area (Å²) >= 11 is 11.0. The molecule has 2 aromatic rings. The molecule has 0 amide bonds. The Balaban J connectivity index is 2.09. The van der Waals surface area contributed by atoms with Crippen LogP contribution in [0.25, 0.3) is 0 Å². The summed E-state index contributed by atoms with van der Waals surface area (Å²) in [5.74, 6) is 0.0373. The molecule has 0 atom stereocenters. The van der Waals surface area contributed by atoms with E-state index < -0.39 is 6.61 Å². The summed E-state index contributed by atoms with van der Waals surface area (Å²) in [5.41, 5.74) is 1.89. The molecule has 0 aliphatic heterocycles. The molecule has 0 bridgehead atoms. The fourth-order valence-electron chi connectivity index (χ4n) is 1.74. The first-order chi connectivity index (χ1) is 10.4. The van der Waals surface area contributed by atoms with Gasteiger partial charge in [0, 0.05) is 10.7 Å². The fourth-order valence-corrected chi connectivity index (χ4v) is 2.10. The van der Waals surface area contributed by atoms with Gasteiger partial charge in [-0.05, 0) is 61.1 Å². The number of hydrogen-bond acceptors (Lipinski definition) is 2. The highest BCUT2D eigenvalue weighted by Gasteiger charge is 2.11. The van der Waals surface area contributed by atoms with E-state index in [0.717, 1.165) is 11.3 Å². The molecule has 7 heteroatoms. The van der Waals surface area contributed by atoms with Crippen LogP contribution in [0.3, 0.4) is 0 Å². The lowest BCUT2D eigenvalue weighted by atomic mass is 10.2. The zero-order valence-electron chi connectivity index (χ0n) is 11.6. The quantitative estimate of drug-likeness (QED) is 0.761. The number of benzene rings is 2. The monoisotopic (exact) mass is 342 g/mol. The predicted molar refractivity (Wildman–Crippen MR) is 89.1 cm³/mol. The third-order valence-electron chi connectivity index (χ3n) is 2.70. The molecule has 116 valence electrons. The van der Waals surface area contributed by atoms with Crippen molar-refractivity contribution in [1.29, 1.82) is 0 Å². The van der Waals surface area contributed by atoms with Crippen molar-refractivity contribution in [2.45, 2.75) is 13.5 Å². The van der Waals surface area contributed by atoms with Crippen LogP contribution < -0.4 is 15.4 Å². The molecule has 3 nitrogen and oxygen atoms in total. The minimum absolute atomic E-state index is 0.0373. The van der Waals surface area contributed by atoms with Crippen molar-refractivity contribution >= 4 is 40.3 Å². The average Bonchev–Trinajstić information content (AvgIpc) is 2.44. The van der Waals surface area contributed by atoms with Gasteiger partial charge in [-0.15, -0.1) is 0 Å². The zero-order chi connectivity index (χ0) is 16.1. The molecule has 0 saturated carbocycles. The van der Waals surface area contributed by atoms with Gasteiger partial charge in [-0.25, -0.2) is 0 Å². The smallest absolute Gasteiger partial charge is 0.387 e. The van der Waals surface area contributed by atoms with Crippen LogP contribution in [-0.2, 0) is 0 Å². The molecular formula is C15H13ClF2N2OS. The lowest BCUT2D eigenvalue weighted by Crippen LogP contribution is -2.20. The number of aryl methyl sites for hydroxylation is 1. The van der Waals surface area contributed by atoms with Crippen molar-refractivity contribution in [3.63, 3.8) is 0 Å². The third kappa shape index (κ3) is 4.82. The largest absolute Gasteiger partial charge is 0.433 e. The summed E-state index contributed by atoms with van der Waals surface area (Å²) in [6.45, 7) is -1.12. The Morgan fingerprint density at radius 2 is 1.82 bits per heavy atom. The van der Waals surface area contributed by atoms with Gasteiger partial charge in [0.05, 0.1) is 5.69 Å². The van der Waals surface area contributed by atoms with E-state index in [4.69, 9.17) is 23.8 Å². The first-order valence-electron chi connectivity index (χ1n) is 6.33. The Hall–Kier alpha value is -1.92. The van der Waals surface area contributed by atoms with E-state index in [-0.39, 0.29) is 10.9 Å². The van der Waals surface area contributed by atoms with E-state index in [9.17, 15) is 8.78 Å². The van der Waals surface area contributed by atoms with Crippen molar-refractivity contribution < 1.29 is 13.5 Å². The molecule has 0 heterocycles. The second-order valence-electron chi connectivity index (χ2n) is 4.46. The molecule has 0 spiro atoms. The van der Waals surface area contributed by atoms with Crippen LogP contribution in [0.2, 0.25) is 5.02 Å². The average molecular weight is 343 g/mol. The Kier molecular flexibility index (Phi) is 5.51. The van der Waals surface area contributed by atoms with Gasteiger partial charge in [-0.3, -0.25) is 0 Å². The van der Waals surface area contributed by atoms with Gasteiger partial charge in [-0.2, -0.15) is 8.78 Å². The Bertz CT molecular complexity index is 665. The number of halogens is 3. The lowest BCUT2D eigenvalue weighted by Gasteiger charge is -2.15. The van der Waals surface area contributed by atoms with E-state index >= 15 is 0 Å². The highest BCUT2D eigenvalue weighted by atomic mass is 35.5. The maximum absolute atomic E-state index is 12.4. The van der Waals surface area contributed by atoms with Crippen LogP contribution in [0.4, 0.5) is 20.2 Å². The first kappa shape index (κ1) is 16.5. The van der Waals surface area contributed by atoms with Crippen LogP contribution in [0.1, 0.15) is 5.56 Å². The number of rotatable bonds is 4. The minimum Gasteiger partial charge on any atom is -0.433 e. The SMILES string of the molecule is Cc1ccc(NC(=S)Nc2ccc(Cl)cc2)c(OC(F)F)c1. The van der Waals surface area contributed by atoms with Crippen LogP contribution in [0.5, 0.6) is 5.75 Å². The summed E-state index contributed by atoms with van der Waals surface area (Å²) in [6, 6.07) is 11.8. The van der Waals surface area contributed by atoms with Gasteiger partial charge >= 0.3 is 6.61 Å². The molecule has 2 aromatic carbocycles. The number of thiocarbonyl (C=S) groups is 1. The molecule has 2 rings (SSSR count). The second kappa shape index (κ2) is 7.38. The highest BCUT2D eigenvalue weighted by Crippen LogP contribution is 2.27. The first-order valence-corrected chi connectivity index (χ1v) is 7.11. The number of ether oxygens (including phenoxy) is 1. The zero-order valence-corrected chi connectivity index (χ0v) is 13.1. The molecule has 0 radical (unpaired) electrons. The van der Waals surface area contributed by atoms with Gasteiger partial charge in [0.15, 0.2) is 5.11 Å². The second-order valence-corrected chi connectivity index (χ2v) is 5.31. The molecule has 2 N–H and O–H groups in total. The van der Waals surface area contributed by atoms with Crippen molar-refractivity contribution in [3.8, 4) is 5.75 Å². The van der Waals surface area contributed by atoms with E-state index in [1.807, 2.05) is 0 Å². The maximum Gasteiger partial charge on any atom is 0.387 e. The maximum atomic E-state index is 12.4. The van der Waals surface area contributed by atoms with E-state index in [1.165, 1.54) is 6.07 Å². The van der Waals surface area contributed by atoms with Gasteiger partial charge in [0.25, 0.3) is 0 Å². The number of hydrogen-bond donors (Lipinski definition) is 2. The van der Waals surface area contributed by atoms with Crippen molar-refractivity contribution in [3.05, 3.63) is 53.1 Å². The van der Waals surface area contributed by atoms with Gasteiger partial charge in [-0.1, -0.05) is 17.7 Å². The normalized spacial score (nSPS) is 10.4. The van der Waals surface area contributed by atoms with Gasteiger partial charge in [0.2, 0.25) is 0 Å². The van der Waals surface area contributed by atoms with Gasteiger partial charge in [0.1, 0.15) is 5.75 Å². The molecule has 0 aromatic heterocycles. The Morgan fingerprint density at radius 3 is 2.45 bits per heavy atom. The number of anilines is 2. The fraction of sp³-hybridized carbons (Fsp3) is 0.133. The predicted octanol–water partition coefficient (Wildman–Crippen LogP) is 5.06. The van der Waals surface area contributed by atoms with E-state index in [0.29, 0.717) is 10.7 Å².